The minimum Gasteiger partial charge on any atom is -0.395 e. The number of nitrogens with zero attached hydrogens (tertiary/aromatic N) is 3. The van der Waals surface area contributed by atoms with Gasteiger partial charge in [0.25, 0.3) is 5.91 Å². The zero-order valence-corrected chi connectivity index (χ0v) is 9.80. The average molecular weight is 238 g/mol. The lowest BCUT2D eigenvalue weighted by Gasteiger charge is -2.20. The van der Waals surface area contributed by atoms with Crippen molar-refractivity contribution in [3.63, 3.8) is 0 Å². The number of aromatic amines is 1. The number of aromatic nitrogens is 2. The van der Waals surface area contributed by atoms with Crippen LogP contribution in [0, 0.1) is 0 Å². The van der Waals surface area contributed by atoms with Crippen LogP contribution in [0.2, 0.25) is 0 Å². The largest absolute Gasteiger partial charge is 0.395 e. The van der Waals surface area contributed by atoms with Crippen LogP contribution in [0.3, 0.4) is 0 Å². The van der Waals surface area contributed by atoms with Crippen molar-refractivity contribution in [3.8, 4) is 0 Å². The molecule has 1 aromatic heterocycles. The van der Waals surface area contributed by atoms with Crippen molar-refractivity contribution in [2.45, 2.75) is 6.42 Å². The van der Waals surface area contributed by atoms with E-state index >= 15 is 0 Å². The summed E-state index contributed by atoms with van der Waals surface area (Å²) in [6, 6.07) is 1.69. The standard InChI is InChI=1S/C11H18N4O2/c16-9-8-14-4-1-5-15(7-6-14)11(17)10-2-3-12-13-10/h2-3,16H,1,4-9H2,(H,12,13). The van der Waals surface area contributed by atoms with Crippen molar-refractivity contribution in [2.75, 3.05) is 39.3 Å². The quantitative estimate of drug-likeness (QED) is 0.748. The van der Waals surface area contributed by atoms with E-state index in [0.717, 1.165) is 26.1 Å². The number of hydrogen-bond acceptors (Lipinski definition) is 4. The van der Waals surface area contributed by atoms with Gasteiger partial charge in [0.2, 0.25) is 0 Å². The molecular formula is C11H18N4O2. The molecule has 0 aliphatic carbocycles. The smallest absolute Gasteiger partial charge is 0.271 e. The highest BCUT2D eigenvalue weighted by Gasteiger charge is 2.20. The number of amides is 1. The second kappa shape index (κ2) is 5.79. The predicted octanol–water partition coefficient (Wildman–Crippen LogP) is -0.450. The summed E-state index contributed by atoms with van der Waals surface area (Å²) in [6.45, 7) is 4.09. The van der Waals surface area contributed by atoms with E-state index in [4.69, 9.17) is 5.11 Å². The maximum atomic E-state index is 12.1. The normalized spacial score (nSPS) is 18.1. The molecule has 0 unspecified atom stereocenters. The van der Waals surface area contributed by atoms with Gasteiger partial charge in [-0.15, -0.1) is 0 Å². The van der Waals surface area contributed by atoms with Gasteiger partial charge >= 0.3 is 0 Å². The van der Waals surface area contributed by atoms with Crippen molar-refractivity contribution in [3.05, 3.63) is 18.0 Å². The molecule has 1 aromatic rings. The van der Waals surface area contributed by atoms with E-state index in [2.05, 4.69) is 15.1 Å². The van der Waals surface area contributed by atoms with Gasteiger partial charge < -0.3 is 10.0 Å². The number of carbonyl (C=O) groups excluding carboxylic acids is 1. The highest BCUT2D eigenvalue weighted by atomic mass is 16.3. The van der Waals surface area contributed by atoms with Crippen LogP contribution in [0.1, 0.15) is 16.9 Å². The summed E-state index contributed by atoms with van der Waals surface area (Å²) in [6.07, 6.45) is 2.53. The molecule has 1 fully saturated rings. The van der Waals surface area contributed by atoms with E-state index in [1.54, 1.807) is 12.3 Å². The average Bonchev–Trinajstić information content (AvgIpc) is 2.76. The Morgan fingerprint density at radius 2 is 2.29 bits per heavy atom. The zero-order chi connectivity index (χ0) is 12.1. The van der Waals surface area contributed by atoms with E-state index in [0.29, 0.717) is 18.8 Å². The Morgan fingerprint density at radius 3 is 3.00 bits per heavy atom. The van der Waals surface area contributed by atoms with Crippen LogP contribution >= 0.6 is 0 Å². The zero-order valence-electron chi connectivity index (χ0n) is 9.80. The summed E-state index contributed by atoms with van der Waals surface area (Å²) >= 11 is 0. The van der Waals surface area contributed by atoms with Crippen molar-refractivity contribution in [1.29, 1.82) is 0 Å². The van der Waals surface area contributed by atoms with Gasteiger partial charge in [0, 0.05) is 32.4 Å². The molecule has 6 nitrogen and oxygen atoms in total. The summed E-state index contributed by atoms with van der Waals surface area (Å²) in [4.78, 5) is 16.1. The minimum atomic E-state index is 0.00773. The van der Waals surface area contributed by atoms with Crippen molar-refractivity contribution in [1.82, 2.24) is 20.0 Å². The summed E-state index contributed by atoms with van der Waals surface area (Å²) in [5, 5.41) is 15.4. The lowest BCUT2D eigenvalue weighted by molar-refractivity contribution is 0.0754. The van der Waals surface area contributed by atoms with Gasteiger partial charge in [-0.3, -0.25) is 14.8 Å². The Labute approximate surface area is 100 Å². The van der Waals surface area contributed by atoms with Gasteiger partial charge in [-0.2, -0.15) is 5.10 Å². The maximum absolute atomic E-state index is 12.1. The Morgan fingerprint density at radius 1 is 1.41 bits per heavy atom. The lowest BCUT2D eigenvalue weighted by atomic mass is 10.3. The Kier molecular flexibility index (Phi) is 4.11. The highest BCUT2D eigenvalue weighted by molar-refractivity contribution is 5.92. The number of aliphatic hydroxyl groups is 1. The summed E-state index contributed by atoms with van der Waals surface area (Å²) in [5.41, 5.74) is 0.542. The maximum Gasteiger partial charge on any atom is 0.271 e. The van der Waals surface area contributed by atoms with E-state index in [-0.39, 0.29) is 12.5 Å². The van der Waals surface area contributed by atoms with Crippen molar-refractivity contribution >= 4 is 5.91 Å². The minimum absolute atomic E-state index is 0.00773. The molecule has 0 saturated carbocycles. The fourth-order valence-corrected chi connectivity index (χ4v) is 2.08. The molecule has 17 heavy (non-hydrogen) atoms. The number of carbonyl (C=O) groups is 1. The molecule has 0 atom stereocenters. The molecule has 1 amide bonds. The fourth-order valence-electron chi connectivity index (χ4n) is 2.08. The molecule has 2 heterocycles. The molecular weight excluding hydrogens is 220 g/mol. The molecule has 0 radical (unpaired) electrons. The first-order valence-corrected chi connectivity index (χ1v) is 5.93. The Bertz CT molecular complexity index is 352. The van der Waals surface area contributed by atoms with Crippen molar-refractivity contribution in [2.24, 2.45) is 0 Å². The molecule has 6 heteroatoms. The second-order valence-corrected chi connectivity index (χ2v) is 4.18. The highest BCUT2D eigenvalue weighted by Crippen LogP contribution is 2.06. The van der Waals surface area contributed by atoms with Crippen LogP contribution in [0.15, 0.2) is 12.3 Å². The summed E-state index contributed by atoms with van der Waals surface area (Å²) < 4.78 is 0. The number of H-pyrrole nitrogens is 1. The van der Waals surface area contributed by atoms with Crippen LogP contribution in [-0.2, 0) is 0 Å². The van der Waals surface area contributed by atoms with Gasteiger partial charge in [-0.25, -0.2) is 0 Å². The molecule has 94 valence electrons. The van der Waals surface area contributed by atoms with Gasteiger partial charge in [0.05, 0.1) is 6.61 Å². The molecule has 1 aliphatic heterocycles. The van der Waals surface area contributed by atoms with Crippen LogP contribution in [0.4, 0.5) is 0 Å². The third-order valence-electron chi connectivity index (χ3n) is 3.02. The van der Waals surface area contributed by atoms with Crippen molar-refractivity contribution < 1.29 is 9.90 Å². The Balaban J connectivity index is 1.92. The molecule has 1 saturated heterocycles. The van der Waals surface area contributed by atoms with E-state index in [1.807, 2.05) is 4.90 Å². The van der Waals surface area contributed by atoms with Crippen LogP contribution in [-0.4, -0.2) is 70.3 Å². The number of nitrogens with one attached hydrogen (secondary N) is 1. The summed E-state index contributed by atoms with van der Waals surface area (Å²) in [7, 11) is 0. The van der Waals surface area contributed by atoms with Crippen LogP contribution in [0.25, 0.3) is 0 Å². The predicted molar refractivity (Wildman–Crippen MR) is 62.6 cm³/mol. The monoisotopic (exact) mass is 238 g/mol. The molecule has 1 aliphatic rings. The van der Waals surface area contributed by atoms with Gasteiger partial charge in [0.1, 0.15) is 5.69 Å². The number of rotatable bonds is 3. The third kappa shape index (κ3) is 3.04. The van der Waals surface area contributed by atoms with Gasteiger partial charge in [-0.1, -0.05) is 0 Å². The van der Waals surface area contributed by atoms with E-state index < -0.39 is 0 Å². The third-order valence-corrected chi connectivity index (χ3v) is 3.02. The SMILES string of the molecule is O=C(c1ccn[nH]1)N1CCCN(CCO)CC1. The van der Waals surface area contributed by atoms with Gasteiger partial charge in [-0.05, 0) is 19.0 Å². The topological polar surface area (TPSA) is 72.5 Å². The van der Waals surface area contributed by atoms with Crippen LogP contribution in [0.5, 0.6) is 0 Å². The van der Waals surface area contributed by atoms with Crippen LogP contribution < -0.4 is 0 Å². The number of β-amino-alcohol motifs (C(OH)–C–C–N with tert-alkyl or cyclic N) is 1. The molecule has 0 bridgehead atoms. The first-order chi connectivity index (χ1) is 8.31. The second-order valence-electron chi connectivity index (χ2n) is 4.18. The van der Waals surface area contributed by atoms with E-state index in [9.17, 15) is 4.79 Å². The fraction of sp³-hybridized carbons (Fsp3) is 0.636. The van der Waals surface area contributed by atoms with E-state index in [1.165, 1.54) is 0 Å². The first-order valence-electron chi connectivity index (χ1n) is 5.93. The first kappa shape index (κ1) is 12.1. The molecule has 0 spiro atoms. The lowest BCUT2D eigenvalue weighted by Crippen LogP contribution is -2.36. The summed E-state index contributed by atoms with van der Waals surface area (Å²) in [5.74, 6) is 0.00773. The molecule has 2 rings (SSSR count). The molecule has 2 N–H and O–H groups in total. The Hall–Kier alpha value is -1.40. The number of hydrogen-bond donors (Lipinski definition) is 2. The van der Waals surface area contributed by atoms with Gasteiger partial charge in [0.15, 0.2) is 0 Å². The molecule has 0 aromatic carbocycles. The number of aliphatic hydroxyl groups excluding tert-OH is 1.